The molecule has 2 aromatic heterocycles. The fraction of sp³-hybridized carbons (Fsp3) is 0. The first-order chi connectivity index (χ1) is 9.13. The first kappa shape index (κ1) is 12.7. The largest absolute Gasteiger partial charge is 0.368 e. The zero-order valence-electron chi connectivity index (χ0n) is 9.52. The standard InChI is InChI=1S/C12H8BrClN4S/c13-8-5-6(1-2-9(8)14)16-10-7-3-4-19-11(7)18-12(15)17-10/h1-5H,(H3,15,16,17,18). The summed E-state index contributed by atoms with van der Waals surface area (Å²) in [6, 6.07) is 7.54. The predicted octanol–water partition coefficient (Wildman–Crippen LogP) is 4.43. The average Bonchev–Trinajstić information content (AvgIpc) is 2.82. The number of benzene rings is 1. The lowest BCUT2D eigenvalue weighted by Crippen LogP contribution is -2.00. The van der Waals surface area contributed by atoms with Gasteiger partial charge in [0.25, 0.3) is 0 Å². The zero-order chi connectivity index (χ0) is 13.4. The minimum absolute atomic E-state index is 0.255. The van der Waals surface area contributed by atoms with Crippen LogP contribution in [0.15, 0.2) is 34.1 Å². The summed E-state index contributed by atoms with van der Waals surface area (Å²) < 4.78 is 0.822. The van der Waals surface area contributed by atoms with Crippen LogP contribution in [-0.2, 0) is 0 Å². The van der Waals surface area contributed by atoms with E-state index < -0.39 is 0 Å². The quantitative estimate of drug-likeness (QED) is 0.713. The maximum atomic E-state index is 5.97. The molecule has 4 nitrogen and oxygen atoms in total. The molecule has 1 aromatic carbocycles. The number of halogens is 2. The minimum Gasteiger partial charge on any atom is -0.368 e. The molecule has 0 bridgehead atoms. The highest BCUT2D eigenvalue weighted by atomic mass is 79.9. The van der Waals surface area contributed by atoms with Gasteiger partial charge >= 0.3 is 0 Å². The Morgan fingerprint density at radius 1 is 1.26 bits per heavy atom. The van der Waals surface area contributed by atoms with Gasteiger partial charge in [-0.05, 0) is 45.6 Å². The third-order valence-electron chi connectivity index (χ3n) is 2.52. The van der Waals surface area contributed by atoms with Gasteiger partial charge in [-0.25, -0.2) is 4.98 Å². The molecule has 7 heteroatoms. The van der Waals surface area contributed by atoms with Crippen molar-refractivity contribution in [1.82, 2.24) is 9.97 Å². The summed E-state index contributed by atoms with van der Waals surface area (Å²) in [5, 5.41) is 6.80. The summed E-state index contributed by atoms with van der Waals surface area (Å²) in [4.78, 5) is 9.28. The van der Waals surface area contributed by atoms with Crippen LogP contribution in [0, 0.1) is 0 Å². The highest BCUT2D eigenvalue weighted by Crippen LogP contribution is 2.30. The molecule has 0 spiro atoms. The number of rotatable bonds is 2. The van der Waals surface area contributed by atoms with Gasteiger partial charge < -0.3 is 11.1 Å². The average molecular weight is 356 g/mol. The Labute approximate surface area is 126 Å². The summed E-state index contributed by atoms with van der Waals surface area (Å²) in [5.41, 5.74) is 6.58. The van der Waals surface area contributed by atoms with Crippen molar-refractivity contribution < 1.29 is 0 Å². The number of thiophene rings is 1. The maximum absolute atomic E-state index is 5.97. The van der Waals surface area contributed by atoms with Gasteiger partial charge in [0.1, 0.15) is 10.6 Å². The van der Waals surface area contributed by atoms with E-state index in [9.17, 15) is 0 Å². The van der Waals surface area contributed by atoms with Crippen LogP contribution < -0.4 is 11.1 Å². The van der Waals surface area contributed by atoms with Crippen molar-refractivity contribution in [1.29, 1.82) is 0 Å². The van der Waals surface area contributed by atoms with Crippen LogP contribution in [0.25, 0.3) is 10.2 Å². The molecule has 3 N–H and O–H groups in total. The number of anilines is 3. The monoisotopic (exact) mass is 354 g/mol. The second-order valence-corrected chi connectivity index (χ2v) is 5.98. The first-order valence-electron chi connectivity index (χ1n) is 5.36. The van der Waals surface area contributed by atoms with Gasteiger partial charge in [-0.1, -0.05) is 11.6 Å². The summed E-state index contributed by atoms with van der Waals surface area (Å²) >= 11 is 10.9. The van der Waals surface area contributed by atoms with Crippen LogP contribution in [0.1, 0.15) is 0 Å². The van der Waals surface area contributed by atoms with Crippen molar-refractivity contribution in [3.63, 3.8) is 0 Å². The molecule has 0 amide bonds. The van der Waals surface area contributed by atoms with Crippen molar-refractivity contribution in [2.75, 3.05) is 11.1 Å². The smallest absolute Gasteiger partial charge is 0.223 e. The normalized spacial score (nSPS) is 10.8. The van der Waals surface area contributed by atoms with Crippen LogP contribution in [0.3, 0.4) is 0 Å². The molecule has 96 valence electrons. The molecule has 0 radical (unpaired) electrons. The van der Waals surface area contributed by atoms with Crippen molar-refractivity contribution in [2.45, 2.75) is 0 Å². The fourth-order valence-electron chi connectivity index (χ4n) is 1.68. The Bertz CT molecular complexity index is 759. The number of nitrogens with one attached hydrogen (secondary N) is 1. The SMILES string of the molecule is Nc1nc(Nc2ccc(Cl)c(Br)c2)c2ccsc2n1. The van der Waals surface area contributed by atoms with Crippen molar-refractivity contribution in [3.05, 3.63) is 39.1 Å². The Morgan fingerprint density at radius 2 is 2.11 bits per heavy atom. The van der Waals surface area contributed by atoms with Crippen LogP contribution in [0.2, 0.25) is 5.02 Å². The molecular weight excluding hydrogens is 348 g/mol. The second kappa shape index (κ2) is 4.96. The Kier molecular flexibility index (Phi) is 3.30. The lowest BCUT2D eigenvalue weighted by molar-refractivity contribution is 1.24. The van der Waals surface area contributed by atoms with Gasteiger partial charge in [-0.15, -0.1) is 11.3 Å². The molecule has 0 fully saturated rings. The Hall–Kier alpha value is -1.37. The highest BCUT2D eigenvalue weighted by molar-refractivity contribution is 9.10. The summed E-state index contributed by atoms with van der Waals surface area (Å²) in [7, 11) is 0. The molecule has 0 unspecified atom stereocenters. The van der Waals surface area contributed by atoms with E-state index in [4.69, 9.17) is 17.3 Å². The zero-order valence-corrected chi connectivity index (χ0v) is 12.7. The lowest BCUT2D eigenvalue weighted by atomic mass is 10.3. The van der Waals surface area contributed by atoms with E-state index in [-0.39, 0.29) is 5.95 Å². The molecular formula is C12H8BrClN4S. The van der Waals surface area contributed by atoms with Crippen LogP contribution in [0.4, 0.5) is 17.5 Å². The topological polar surface area (TPSA) is 63.8 Å². The van der Waals surface area contributed by atoms with E-state index in [1.807, 2.05) is 29.6 Å². The van der Waals surface area contributed by atoms with E-state index in [1.54, 1.807) is 0 Å². The van der Waals surface area contributed by atoms with Gasteiger partial charge in [0.2, 0.25) is 5.95 Å². The molecule has 0 saturated heterocycles. The van der Waals surface area contributed by atoms with E-state index in [2.05, 4.69) is 31.2 Å². The molecule has 0 aliphatic carbocycles. The third kappa shape index (κ3) is 2.51. The Balaban J connectivity index is 2.04. The van der Waals surface area contributed by atoms with Gasteiger partial charge in [0, 0.05) is 10.2 Å². The molecule has 0 aliphatic rings. The highest BCUT2D eigenvalue weighted by Gasteiger charge is 2.08. The number of hydrogen-bond donors (Lipinski definition) is 2. The van der Waals surface area contributed by atoms with E-state index in [0.717, 1.165) is 20.4 Å². The van der Waals surface area contributed by atoms with E-state index >= 15 is 0 Å². The maximum Gasteiger partial charge on any atom is 0.223 e. The number of nitrogens with zero attached hydrogens (tertiary/aromatic N) is 2. The molecule has 0 saturated carbocycles. The van der Waals surface area contributed by atoms with Crippen molar-refractivity contribution in [2.24, 2.45) is 0 Å². The summed E-state index contributed by atoms with van der Waals surface area (Å²) in [5.74, 6) is 0.948. The van der Waals surface area contributed by atoms with Crippen LogP contribution >= 0.6 is 38.9 Å². The summed E-state index contributed by atoms with van der Waals surface area (Å²) in [6.45, 7) is 0. The molecule has 19 heavy (non-hydrogen) atoms. The fourth-order valence-corrected chi connectivity index (χ4v) is 2.95. The second-order valence-electron chi connectivity index (χ2n) is 3.82. The molecule has 3 rings (SSSR count). The van der Waals surface area contributed by atoms with Crippen LogP contribution in [-0.4, -0.2) is 9.97 Å². The van der Waals surface area contributed by atoms with E-state index in [0.29, 0.717) is 10.8 Å². The number of aromatic nitrogens is 2. The van der Waals surface area contributed by atoms with Gasteiger partial charge in [0.05, 0.1) is 10.4 Å². The van der Waals surface area contributed by atoms with Crippen molar-refractivity contribution in [3.8, 4) is 0 Å². The molecule has 0 aliphatic heterocycles. The third-order valence-corrected chi connectivity index (χ3v) is 4.55. The Morgan fingerprint density at radius 3 is 2.89 bits per heavy atom. The van der Waals surface area contributed by atoms with Gasteiger partial charge in [-0.2, -0.15) is 4.98 Å². The number of nitrogens with two attached hydrogens (primary N) is 1. The number of fused-ring (bicyclic) bond motifs is 1. The molecule has 0 atom stereocenters. The molecule has 3 aromatic rings. The van der Waals surface area contributed by atoms with E-state index in [1.165, 1.54) is 11.3 Å². The predicted molar refractivity (Wildman–Crippen MR) is 84.3 cm³/mol. The van der Waals surface area contributed by atoms with Gasteiger partial charge in [0.15, 0.2) is 0 Å². The molecule has 2 heterocycles. The minimum atomic E-state index is 0.255. The van der Waals surface area contributed by atoms with Crippen molar-refractivity contribution >= 4 is 66.5 Å². The summed E-state index contributed by atoms with van der Waals surface area (Å²) in [6.07, 6.45) is 0. The van der Waals surface area contributed by atoms with Crippen LogP contribution in [0.5, 0.6) is 0 Å². The van der Waals surface area contributed by atoms with Gasteiger partial charge in [-0.3, -0.25) is 0 Å². The number of nitrogen functional groups attached to an aromatic ring is 1. The first-order valence-corrected chi connectivity index (χ1v) is 7.41. The lowest BCUT2D eigenvalue weighted by Gasteiger charge is -2.08. The number of hydrogen-bond acceptors (Lipinski definition) is 5.